The number of nitrogens with zero attached hydrogens (tertiary/aromatic N) is 3. The molecule has 0 saturated heterocycles. The van der Waals surface area contributed by atoms with E-state index in [1.807, 2.05) is 30.3 Å². The van der Waals surface area contributed by atoms with E-state index in [-0.39, 0.29) is 0 Å². The fourth-order valence-corrected chi connectivity index (χ4v) is 2.53. The van der Waals surface area contributed by atoms with Gasteiger partial charge in [-0.2, -0.15) is 0 Å². The van der Waals surface area contributed by atoms with Crippen LogP contribution in [0.25, 0.3) is 33.7 Å². The van der Waals surface area contributed by atoms with Gasteiger partial charge in [0.2, 0.25) is 5.89 Å². The van der Waals surface area contributed by atoms with Crippen LogP contribution in [-0.2, 0) is 6.54 Å². The summed E-state index contributed by atoms with van der Waals surface area (Å²) >= 11 is 0. The number of fused-ring (bicyclic) bond motifs is 1. The highest BCUT2D eigenvalue weighted by atomic mass is 16.3. The van der Waals surface area contributed by atoms with Crippen LogP contribution in [0.1, 0.15) is 5.56 Å². The molecule has 4 N–H and O–H groups in total. The number of aromatic nitrogens is 3. The third-order valence-corrected chi connectivity index (χ3v) is 3.86. The molecule has 3 aromatic heterocycles. The normalized spacial score (nSPS) is 11.0. The van der Waals surface area contributed by atoms with E-state index in [0.29, 0.717) is 29.4 Å². The molecule has 0 aliphatic carbocycles. The van der Waals surface area contributed by atoms with Gasteiger partial charge in [0.25, 0.3) is 0 Å². The molecule has 0 saturated carbocycles. The van der Waals surface area contributed by atoms with Crippen LogP contribution in [0.4, 0.5) is 5.82 Å². The molecule has 0 spiro atoms. The molecule has 6 nitrogen and oxygen atoms in total. The lowest BCUT2D eigenvalue weighted by atomic mass is 10.0. The van der Waals surface area contributed by atoms with E-state index in [0.717, 1.165) is 22.2 Å². The van der Waals surface area contributed by atoms with Gasteiger partial charge >= 0.3 is 0 Å². The summed E-state index contributed by atoms with van der Waals surface area (Å²) in [5.41, 5.74) is 16.7. The zero-order chi connectivity index (χ0) is 16.5. The van der Waals surface area contributed by atoms with E-state index in [2.05, 4.69) is 15.0 Å². The fourth-order valence-electron chi connectivity index (χ4n) is 2.53. The molecule has 0 unspecified atom stereocenters. The van der Waals surface area contributed by atoms with Crippen molar-refractivity contribution >= 4 is 16.9 Å². The summed E-state index contributed by atoms with van der Waals surface area (Å²) in [6.07, 6.45) is 5.04. The average molecular weight is 317 g/mol. The van der Waals surface area contributed by atoms with Crippen molar-refractivity contribution in [3.8, 4) is 22.6 Å². The molecular formula is C18H15N5O. The molecule has 0 aliphatic heterocycles. The Morgan fingerprint density at radius 1 is 1.00 bits per heavy atom. The first-order valence-corrected chi connectivity index (χ1v) is 7.50. The summed E-state index contributed by atoms with van der Waals surface area (Å²) in [6, 6.07) is 11.7. The number of nitrogen functional groups attached to an aromatic ring is 1. The molecule has 118 valence electrons. The summed E-state index contributed by atoms with van der Waals surface area (Å²) in [5, 5.41) is 0. The third-order valence-electron chi connectivity index (χ3n) is 3.86. The third kappa shape index (κ3) is 2.49. The van der Waals surface area contributed by atoms with Crippen LogP contribution in [0.5, 0.6) is 0 Å². The van der Waals surface area contributed by atoms with Crippen molar-refractivity contribution in [2.45, 2.75) is 6.54 Å². The number of hydrogen-bond donors (Lipinski definition) is 2. The summed E-state index contributed by atoms with van der Waals surface area (Å²) in [4.78, 5) is 12.8. The van der Waals surface area contributed by atoms with Crippen LogP contribution >= 0.6 is 0 Å². The molecule has 0 fully saturated rings. The summed E-state index contributed by atoms with van der Waals surface area (Å²) in [7, 11) is 0. The van der Waals surface area contributed by atoms with Crippen LogP contribution in [0.3, 0.4) is 0 Å². The number of oxazole rings is 1. The molecule has 24 heavy (non-hydrogen) atoms. The molecule has 3 heterocycles. The lowest BCUT2D eigenvalue weighted by Crippen LogP contribution is -1.96. The van der Waals surface area contributed by atoms with Gasteiger partial charge in [0.1, 0.15) is 11.3 Å². The van der Waals surface area contributed by atoms with E-state index in [4.69, 9.17) is 15.9 Å². The van der Waals surface area contributed by atoms with Crippen molar-refractivity contribution in [2.75, 3.05) is 5.73 Å². The second kappa shape index (κ2) is 5.75. The lowest BCUT2D eigenvalue weighted by Gasteiger charge is -2.06. The molecule has 0 radical (unpaired) electrons. The molecule has 0 bridgehead atoms. The highest BCUT2D eigenvalue weighted by Gasteiger charge is 2.13. The van der Waals surface area contributed by atoms with Gasteiger partial charge < -0.3 is 15.9 Å². The number of benzene rings is 1. The summed E-state index contributed by atoms with van der Waals surface area (Å²) in [5.74, 6) is 0.806. The molecule has 4 rings (SSSR count). The molecule has 0 amide bonds. The first-order valence-electron chi connectivity index (χ1n) is 7.50. The van der Waals surface area contributed by atoms with Gasteiger partial charge in [0.15, 0.2) is 5.58 Å². The van der Waals surface area contributed by atoms with Crippen molar-refractivity contribution in [3.63, 3.8) is 0 Å². The molecule has 4 aromatic rings. The molecule has 6 heteroatoms. The number of rotatable bonds is 3. The first-order chi connectivity index (χ1) is 11.7. The zero-order valence-corrected chi connectivity index (χ0v) is 12.8. The van der Waals surface area contributed by atoms with Gasteiger partial charge in [-0.25, -0.2) is 9.97 Å². The van der Waals surface area contributed by atoms with Crippen LogP contribution < -0.4 is 11.5 Å². The summed E-state index contributed by atoms with van der Waals surface area (Å²) in [6.45, 7) is 0.516. The maximum Gasteiger partial charge on any atom is 0.231 e. The first kappa shape index (κ1) is 14.3. The molecule has 0 atom stereocenters. The van der Waals surface area contributed by atoms with Gasteiger partial charge in [-0.05, 0) is 23.3 Å². The maximum atomic E-state index is 6.02. The van der Waals surface area contributed by atoms with Gasteiger partial charge in [-0.3, -0.25) is 4.98 Å². The number of pyridine rings is 2. The molecular weight excluding hydrogens is 302 g/mol. The van der Waals surface area contributed by atoms with Crippen LogP contribution in [0, 0.1) is 0 Å². The highest BCUT2D eigenvalue weighted by molar-refractivity contribution is 5.80. The highest BCUT2D eigenvalue weighted by Crippen LogP contribution is 2.31. The van der Waals surface area contributed by atoms with Crippen molar-refractivity contribution in [1.82, 2.24) is 15.0 Å². The Morgan fingerprint density at radius 3 is 2.58 bits per heavy atom. The van der Waals surface area contributed by atoms with Gasteiger partial charge in [-0.1, -0.05) is 24.3 Å². The number of nitrogens with two attached hydrogens (primary N) is 2. The average Bonchev–Trinajstić information content (AvgIpc) is 3.06. The van der Waals surface area contributed by atoms with Crippen LogP contribution in [0.2, 0.25) is 0 Å². The van der Waals surface area contributed by atoms with E-state index in [1.54, 1.807) is 24.7 Å². The Kier molecular flexibility index (Phi) is 3.44. The fraction of sp³-hybridized carbons (Fsp3) is 0.0556. The molecule has 1 aromatic carbocycles. The Hall–Kier alpha value is -3.25. The predicted octanol–water partition coefficient (Wildman–Crippen LogP) is 2.99. The van der Waals surface area contributed by atoms with E-state index < -0.39 is 0 Å². The standard InChI is InChI=1S/C18H15N5O/c19-8-11-1-3-12(4-2-11)13-7-14(17(20)22-9-13)18-23-15-5-6-21-10-16(15)24-18/h1-7,9-10H,8,19H2,(H2,20,22). The zero-order valence-electron chi connectivity index (χ0n) is 12.8. The number of anilines is 1. The second-order valence-electron chi connectivity index (χ2n) is 5.42. The van der Waals surface area contributed by atoms with Crippen LogP contribution in [-0.4, -0.2) is 15.0 Å². The Morgan fingerprint density at radius 2 is 1.83 bits per heavy atom. The van der Waals surface area contributed by atoms with Crippen molar-refractivity contribution < 1.29 is 4.42 Å². The van der Waals surface area contributed by atoms with E-state index in [1.165, 1.54) is 0 Å². The minimum Gasteiger partial charge on any atom is -0.434 e. The minimum atomic E-state index is 0.372. The van der Waals surface area contributed by atoms with Crippen LogP contribution in [0.15, 0.2) is 59.4 Å². The largest absolute Gasteiger partial charge is 0.434 e. The van der Waals surface area contributed by atoms with Crippen molar-refractivity contribution in [3.05, 3.63) is 60.6 Å². The summed E-state index contributed by atoms with van der Waals surface area (Å²) < 4.78 is 5.75. The molecule has 0 aliphatic rings. The number of hydrogen-bond acceptors (Lipinski definition) is 6. The Balaban J connectivity index is 1.80. The van der Waals surface area contributed by atoms with Gasteiger partial charge in [-0.15, -0.1) is 0 Å². The SMILES string of the molecule is NCc1ccc(-c2cnc(N)c(-c3nc4ccncc4o3)c2)cc1. The van der Waals surface area contributed by atoms with Gasteiger partial charge in [0, 0.05) is 24.5 Å². The van der Waals surface area contributed by atoms with E-state index in [9.17, 15) is 0 Å². The minimum absolute atomic E-state index is 0.372. The van der Waals surface area contributed by atoms with Crippen molar-refractivity contribution in [2.24, 2.45) is 5.73 Å². The quantitative estimate of drug-likeness (QED) is 0.602. The second-order valence-corrected chi connectivity index (χ2v) is 5.42. The monoisotopic (exact) mass is 317 g/mol. The predicted molar refractivity (Wildman–Crippen MR) is 92.8 cm³/mol. The smallest absolute Gasteiger partial charge is 0.231 e. The Labute approximate surface area is 138 Å². The van der Waals surface area contributed by atoms with E-state index >= 15 is 0 Å². The lowest BCUT2D eigenvalue weighted by molar-refractivity contribution is 0.618. The Bertz CT molecular complexity index is 975. The topological polar surface area (TPSA) is 104 Å². The maximum absolute atomic E-state index is 6.02. The van der Waals surface area contributed by atoms with Crippen molar-refractivity contribution in [1.29, 1.82) is 0 Å². The van der Waals surface area contributed by atoms with Gasteiger partial charge in [0.05, 0.1) is 11.8 Å².